The molecule has 2 amide bonds. The number of amides is 2. The first kappa shape index (κ1) is 18.4. The highest BCUT2D eigenvalue weighted by Crippen LogP contribution is 2.18. The Morgan fingerprint density at radius 2 is 1.65 bits per heavy atom. The molecule has 0 radical (unpaired) electrons. The number of hydrogen-bond acceptors (Lipinski definition) is 6. The molecule has 0 aliphatic carbocycles. The summed E-state index contributed by atoms with van der Waals surface area (Å²) in [7, 11) is 0. The van der Waals surface area contributed by atoms with Gasteiger partial charge in [-0.1, -0.05) is 0 Å². The van der Waals surface area contributed by atoms with E-state index in [-0.39, 0.29) is 12.0 Å². The molecule has 2 fully saturated rings. The summed E-state index contributed by atoms with van der Waals surface area (Å²) in [5.41, 5.74) is 1.23. The lowest BCUT2D eigenvalue weighted by atomic mass is 10.1. The number of piperidine rings is 1. The van der Waals surface area contributed by atoms with Crippen molar-refractivity contribution in [2.75, 3.05) is 50.8 Å². The molecule has 0 spiro atoms. The first-order valence-corrected chi connectivity index (χ1v) is 9.40. The molecular weight excluding hydrogens is 334 g/mol. The lowest BCUT2D eigenvalue weighted by Gasteiger charge is -2.34. The maximum absolute atomic E-state index is 12.9. The SMILES string of the molecule is CCOC(=O)N1CCN(C(=O)c2cc(C)nc(N3CCCCC3)n2)CC1. The van der Waals surface area contributed by atoms with Gasteiger partial charge in [-0.2, -0.15) is 0 Å². The molecule has 0 N–H and O–H groups in total. The van der Waals surface area contributed by atoms with Crippen LogP contribution in [0.4, 0.5) is 10.7 Å². The summed E-state index contributed by atoms with van der Waals surface area (Å²) in [5.74, 6) is 0.551. The quantitative estimate of drug-likeness (QED) is 0.815. The Kier molecular flexibility index (Phi) is 5.90. The van der Waals surface area contributed by atoms with Crippen molar-refractivity contribution in [3.05, 3.63) is 17.5 Å². The van der Waals surface area contributed by atoms with Crippen LogP contribution in [0.3, 0.4) is 0 Å². The smallest absolute Gasteiger partial charge is 0.409 e. The third kappa shape index (κ3) is 4.23. The fourth-order valence-corrected chi connectivity index (χ4v) is 3.37. The summed E-state index contributed by atoms with van der Waals surface area (Å²) in [4.78, 5) is 39.2. The van der Waals surface area contributed by atoms with E-state index in [1.807, 2.05) is 6.92 Å². The van der Waals surface area contributed by atoms with Crippen molar-refractivity contribution in [3.63, 3.8) is 0 Å². The second-order valence-electron chi connectivity index (χ2n) is 6.72. The largest absolute Gasteiger partial charge is 0.450 e. The number of aromatic nitrogens is 2. The lowest BCUT2D eigenvalue weighted by molar-refractivity contribution is 0.0566. The lowest BCUT2D eigenvalue weighted by Crippen LogP contribution is -2.51. The number of piperazine rings is 1. The zero-order chi connectivity index (χ0) is 18.5. The van der Waals surface area contributed by atoms with E-state index in [1.165, 1.54) is 6.42 Å². The van der Waals surface area contributed by atoms with Gasteiger partial charge in [0.1, 0.15) is 5.69 Å². The van der Waals surface area contributed by atoms with Gasteiger partial charge in [0, 0.05) is 45.0 Å². The number of rotatable bonds is 3. The van der Waals surface area contributed by atoms with Crippen molar-refractivity contribution in [3.8, 4) is 0 Å². The molecule has 2 saturated heterocycles. The fraction of sp³-hybridized carbons (Fsp3) is 0.667. The van der Waals surface area contributed by atoms with Crippen molar-refractivity contribution in [2.45, 2.75) is 33.1 Å². The summed E-state index contributed by atoms with van der Waals surface area (Å²) in [6.07, 6.45) is 3.19. The van der Waals surface area contributed by atoms with Crippen LogP contribution in [0.15, 0.2) is 6.07 Å². The predicted octanol–water partition coefficient (Wildman–Crippen LogP) is 1.69. The van der Waals surface area contributed by atoms with Gasteiger partial charge in [0.05, 0.1) is 6.61 Å². The van der Waals surface area contributed by atoms with Crippen molar-refractivity contribution >= 4 is 17.9 Å². The minimum absolute atomic E-state index is 0.0998. The average Bonchev–Trinajstić information content (AvgIpc) is 2.68. The second kappa shape index (κ2) is 8.33. The van der Waals surface area contributed by atoms with Gasteiger partial charge < -0.3 is 19.4 Å². The van der Waals surface area contributed by atoms with Gasteiger partial charge >= 0.3 is 6.09 Å². The molecule has 0 saturated carbocycles. The molecule has 0 bridgehead atoms. The minimum atomic E-state index is -0.315. The average molecular weight is 361 g/mol. The molecule has 1 aromatic rings. The molecule has 142 valence electrons. The van der Waals surface area contributed by atoms with E-state index < -0.39 is 0 Å². The summed E-state index contributed by atoms with van der Waals surface area (Å²) >= 11 is 0. The molecule has 26 heavy (non-hydrogen) atoms. The van der Waals surface area contributed by atoms with Crippen LogP contribution in [-0.4, -0.2) is 77.6 Å². The van der Waals surface area contributed by atoms with Gasteiger partial charge in [-0.25, -0.2) is 14.8 Å². The van der Waals surface area contributed by atoms with Crippen LogP contribution in [0.2, 0.25) is 0 Å². The van der Waals surface area contributed by atoms with Crippen LogP contribution >= 0.6 is 0 Å². The van der Waals surface area contributed by atoms with E-state index in [2.05, 4.69) is 14.9 Å². The number of aryl methyl sites for hydroxylation is 1. The number of ether oxygens (including phenoxy) is 1. The van der Waals surface area contributed by atoms with E-state index in [0.717, 1.165) is 31.6 Å². The van der Waals surface area contributed by atoms with Crippen molar-refractivity contribution in [2.24, 2.45) is 0 Å². The molecule has 0 unspecified atom stereocenters. The Hall–Kier alpha value is -2.38. The molecule has 8 heteroatoms. The van der Waals surface area contributed by atoms with Crippen molar-refractivity contribution in [1.82, 2.24) is 19.8 Å². The summed E-state index contributed by atoms with van der Waals surface area (Å²) < 4.78 is 5.02. The Labute approximate surface area is 154 Å². The van der Waals surface area contributed by atoms with Crippen molar-refractivity contribution < 1.29 is 14.3 Å². The van der Waals surface area contributed by atoms with E-state index in [1.54, 1.807) is 22.8 Å². The highest BCUT2D eigenvalue weighted by molar-refractivity contribution is 5.92. The Morgan fingerprint density at radius 1 is 1.00 bits per heavy atom. The third-order valence-corrected chi connectivity index (χ3v) is 4.79. The van der Waals surface area contributed by atoms with E-state index in [4.69, 9.17) is 4.74 Å². The third-order valence-electron chi connectivity index (χ3n) is 4.79. The van der Waals surface area contributed by atoms with E-state index >= 15 is 0 Å². The molecule has 3 rings (SSSR count). The topological polar surface area (TPSA) is 78.9 Å². The number of carbonyl (C=O) groups is 2. The normalized spacial score (nSPS) is 18.0. The highest BCUT2D eigenvalue weighted by Gasteiger charge is 2.27. The van der Waals surface area contributed by atoms with Crippen LogP contribution in [0, 0.1) is 6.92 Å². The number of carbonyl (C=O) groups excluding carboxylic acids is 2. The molecule has 3 heterocycles. The number of nitrogens with zero attached hydrogens (tertiary/aromatic N) is 5. The Balaban J connectivity index is 1.66. The molecule has 0 atom stereocenters. The van der Waals surface area contributed by atoms with Crippen LogP contribution in [0.5, 0.6) is 0 Å². The molecule has 2 aliphatic rings. The molecule has 8 nitrogen and oxygen atoms in total. The number of hydrogen-bond donors (Lipinski definition) is 0. The number of anilines is 1. The summed E-state index contributed by atoms with van der Waals surface area (Å²) in [6, 6.07) is 1.74. The van der Waals surface area contributed by atoms with E-state index in [0.29, 0.717) is 44.4 Å². The van der Waals surface area contributed by atoms with E-state index in [9.17, 15) is 9.59 Å². The van der Waals surface area contributed by atoms with Gasteiger partial charge in [-0.3, -0.25) is 4.79 Å². The van der Waals surface area contributed by atoms with Crippen molar-refractivity contribution in [1.29, 1.82) is 0 Å². The van der Waals surface area contributed by atoms with Gasteiger partial charge in [-0.15, -0.1) is 0 Å². The van der Waals surface area contributed by atoms with Gasteiger partial charge in [0.2, 0.25) is 5.95 Å². The monoisotopic (exact) mass is 361 g/mol. The zero-order valence-corrected chi connectivity index (χ0v) is 15.6. The summed E-state index contributed by atoms with van der Waals surface area (Å²) in [6.45, 7) is 7.85. The summed E-state index contributed by atoms with van der Waals surface area (Å²) in [5, 5.41) is 0. The zero-order valence-electron chi connectivity index (χ0n) is 15.6. The maximum Gasteiger partial charge on any atom is 0.409 e. The standard InChI is InChI=1S/C18H27N5O3/c1-3-26-18(25)23-11-9-21(10-12-23)16(24)15-13-14(2)19-17(20-15)22-7-5-4-6-8-22/h13H,3-12H2,1-2H3. The van der Waals surface area contributed by atoms with Crippen LogP contribution in [0.1, 0.15) is 42.4 Å². The highest BCUT2D eigenvalue weighted by atomic mass is 16.6. The van der Waals surface area contributed by atoms with Crippen LogP contribution < -0.4 is 4.90 Å². The van der Waals surface area contributed by atoms with Gasteiger partial charge in [-0.05, 0) is 39.2 Å². The first-order chi connectivity index (χ1) is 12.6. The van der Waals surface area contributed by atoms with Gasteiger partial charge in [0.15, 0.2) is 0 Å². The molecule has 2 aliphatic heterocycles. The second-order valence-corrected chi connectivity index (χ2v) is 6.72. The maximum atomic E-state index is 12.9. The minimum Gasteiger partial charge on any atom is -0.450 e. The fourth-order valence-electron chi connectivity index (χ4n) is 3.37. The molecule has 0 aromatic carbocycles. The van der Waals surface area contributed by atoms with Crippen LogP contribution in [-0.2, 0) is 4.74 Å². The van der Waals surface area contributed by atoms with Crippen LogP contribution in [0.25, 0.3) is 0 Å². The predicted molar refractivity (Wildman–Crippen MR) is 97.3 cm³/mol. The Morgan fingerprint density at radius 3 is 2.31 bits per heavy atom. The molecular formula is C18H27N5O3. The van der Waals surface area contributed by atoms with Gasteiger partial charge in [0.25, 0.3) is 5.91 Å². The molecule has 1 aromatic heterocycles. The first-order valence-electron chi connectivity index (χ1n) is 9.40. The Bertz CT molecular complexity index is 652.